The third-order valence-electron chi connectivity index (χ3n) is 3.85. The Hall–Kier alpha value is -0.910. The van der Waals surface area contributed by atoms with Gasteiger partial charge in [0.25, 0.3) is 0 Å². The fraction of sp³-hybridized carbons (Fsp3) is 0.600. The number of ether oxygens (including phenoxy) is 3. The first kappa shape index (κ1) is 14.0. The van der Waals surface area contributed by atoms with Crippen molar-refractivity contribution in [1.29, 1.82) is 0 Å². The minimum Gasteiger partial charge on any atom is -0.486 e. The highest BCUT2D eigenvalue weighted by molar-refractivity contribution is 7.99. The maximum absolute atomic E-state index is 5.62. The molecule has 0 aliphatic carbocycles. The van der Waals surface area contributed by atoms with Crippen LogP contribution < -0.4 is 14.8 Å². The van der Waals surface area contributed by atoms with Crippen LogP contribution in [-0.4, -0.2) is 45.3 Å². The quantitative estimate of drug-likeness (QED) is 0.843. The standard InChI is InChI=1S/C15H21NO3S/c1-16-13(11-4-5-17-9-11)10-20-12-2-3-14-15(8-12)19-7-6-18-14/h2-3,8,11,13,16H,4-7,9-10H2,1H3. The molecule has 0 aromatic heterocycles. The molecule has 20 heavy (non-hydrogen) atoms. The van der Waals surface area contributed by atoms with Gasteiger partial charge in [-0.2, -0.15) is 0 Å². The van der Waals surface area contributed by atoms with Gasteiger partial charge in [-0.3, -0.25) is 0 Å². The zero-order chi connectivity index (χ0) is 13.8. The van der Waals surface area contributed by atoms with Crippen LogP contribution in [0.4, 0.5) is 0 Å². The summed E-state index contributed by atoms with van der Waals surface area (Å²) >= 11 is 1.86. The number of thioether (sulfide) groups is 1. The van der Waals surface area contributed by atoms with Gasteiger partial charge in [-0.05, 0) is 31.7 Å². The fourth-order valence-corrected chi connectivity index (χ4v) is 3.79. The second-order valence-corrected chi connectivity index (χ2v) is 6.23. The largest absolute Gasteiger partial charge is 0.486 e. The third-order valence-corrected chi connectivity index (χ3v) is 4.96. The smallest absolute Gasteiger partial charge is 0.162 e. The number of hydrogen-bond donors (Lipinski definition) is 1. The normalized spacial score (nSPS) is 22.8. The van der Waals surface area contributed by atoms with Crippen molar-refractivity contribution >= 4 is 11.8 Å². The van der Waals surface area contributed by atoms with Crippen LogP contribution >= 0.6 is 11.8 Å². The zero-order valence-electron chi connectivity index (χ0n) is 11.8. The Morgan fingerprint density at radius 3 is 2.85 bits per heavy atom. The average molecular weight is 295 g/mol. The number of nitrogens with one attached hydrogen (secondary N) is 1. The average Bonchev–Trinajstić information content (AvgIpc) is 3.02. The summed E-state index contributed by atoms with van der Waals surface area (Å²) in [5.41, 5.74) is 0. The van der Waals surface area contributed by atoms with Crippen molar-refractivity contribution in [2.75, 3.05) is 39.2 Å². The van der Waals surface area contributed by atoms with Crippen molar-refractivity contribution in [1.82, 2.24) is 5.32 Å². The molecule has 1 aromatic carbocycles. The molecule has 2 atom stereocenters. The molecule has 1 saturated heterocycles. The molecular formula is C15H21NO3S. The van der Waals surface area contributed by atoms with Crippen molar-refractivity contribution in [2.24, 2.45) is 5.92 Å². The first-order chi connectivity index (χ1) is 9.86. The van der Waals surface area contributed by atoms with Crippen LogP contribution in [0.3, 0.4) is 0 Å². The Balaban J connectivity index is 1.59. The molecule has 0 amide bonds. The summed E-state index contributed by atoms with van der Waals surface area (Å²) in [4.78, 5) is 1.23. The minimum absolute atomic E-state index is 0.496. The summed E-state index contributed by atoms with van der Waals surface area (Å²) in [6.45, 7) is 3.06. The highest BCUT2D eigenvalue weighted by Gasteiger charge is 2.24. The number of rotatable bonds is 5. The lowest BCUT2D eigenvalue weighted by Gasteiger charge is -2.22. The van der Waals surface area contributed by atoms with Gasteiger partial charge in [0.2, 0.25) is 0 Å². The van der Waals surface area contributed by atoms with E-state index >= 15 is 0 Å². The van der Waals surface area contributed by atoms with Crippen LogP contribution in [0.5, 0.6) is 11.5 Å². The van der Waals surface area contributed by atoms with Crippen molar-refractivity contribution < 1.29 is 14.2 Å². The van der Waals surface area contributed by atoms with Crippen LogP contribution in [-0.2, 0) is 4.74 Å². The number of fused-ring (bicyclic) bond motifs is 1. The van der Waals surface area contributed by atoms with Gasteiger partial charge in [-0.1, -0.05) is 0 Å². The van der Waals surface area contributed by atoms with Crippen molar-refractivity contribution in [3.05, 3.63) is 18.2 Å². The summed E-state index contributed by atoms with van der Waals surface area (Å²) in [6, 6.07) is 6.69. The van der Waals surface area contributed by atoms with Gasteiger partial charge in [0.1, 0.15) is 13.2 Å². The molecule has 2 aliphatic rings. The van der Waals surface area contributed by atoms with E-state index in [-0.39, 0.29) is 0 Å². The Morgan fingerprint density at radius 2 is 2.10 bits per heavy atom. The van der Waals surface area contributed by atoms with Crippen LogP contribution in [0.2, 0.25) is 0 Å². The van der Waals surface area contributed by atoms with Crippen LogP contribution in [0.15, 0.2) is 23.1 Å². The molecule has 2 heterocycles. The van der Waals surface area contributed by atoms with E-state index in [0.717, 1.165) is 36.9 Å². The lowest BCUT2D eigenvalue weighted by atomic mass is 10.0. The van der Waals surface area contributed by atoms with Crippen molar-refractivity contribution in [2.45, 2.75) is 17.4 Å². The van der Waals surface area contributed by atoms with E-state index in [9.17, 15) is 0 Å². The Morgan fingerprint density at radius 1 is 1.25 bits per heavy atom. The lowest BCUT2D eigenvalue weighted by molar-refractivity contribution is 0.171. The number of hydrogen-bond acceptors (Lipinski definition) is 5. The molecule has 0 bridgehead atoms. The monoisotopic (exact) mass is 295 g/mol. The lowest BCUT2D eigenvalue weighted by Crippen LogP contribution is -2.36. The molecule has 2 unspecified atom stereocenters. The fourth-order valence-electron chi connectivity index (χ4n) is 2.62. The van der Waals surface area contributed by atoms with E-state index in [4.69, 9.17) is 14.2 Å². The van der Waals surface area contributed by atoms with E-state index < -0.39 is 0 Å². The maximum atomic E-state index is 5.62. The Bertz CT molecular complexity index is 449. The predicted molar refractivity (Wildman–Crippen MR) is 79.9 cm³/mol. The van der Waals surface area contributed by atoms with Gasteiger partial charge in [0, 0.05) is 29.2 Å². The van der Waals surface area contributed by atoms with Gasteiger partial charge in [0.15, 0.2) is 11.5 Å². The van der Waals surface area contributed by atoms with Crippen LogP contribution in [0, 0.1) is 5.92 Å². The Kier molecular flexibility index (Phi) is 4.70. The molecule has 1 fully saturated rings. The molecule has 0 radical (unpaired) electrons. The summed E-state index contributed by atoms with van der Waals surface area (Å²) in [7, 11) is 2.04. The molecular weight excluding hydrogens is 274 g/mol. The van der Waals surface area contributed by atoms with Crippen LogP contribution in [0.1, 0.15) is 6.42 Å². The van der Waals surface area contributed by atoms with Gasteiger partial charge < -0.3 is 19.5 Å². The van der Waals surface area contributed by atoms with Gasteiger partial charge in [-0.25, -0.2) is 0 Å². The first-order valence-electron chi connectivity index (χ1n) is 7.14. The predicted octanol–water partition coefficient (Wildman–Crippen LogP) is 2.17. The first-order valence-corrected chi connectivity index (χ1v) is 8.13. The Labute approximate surface area is 124 Å². The van der Waals surface area contributed by atoms with Crippen molar-refractivity contribution in [3.8, 4) is 11.5 Å². The highest BCUT2D eigenvalue weighted by atomic mass is 32.2. The van der Waals surface area contributed by atoms with E-state index in [0.29, 0.717) is 25.2 Å². The topological polar surface area (TPSA) is 39.7 Å². The molecule has 2 aliphatic heterocycles. The molecule has 1 aromatic rings. The summed E-state index contributed by atoms with van der Waals surface area (Å²) in [5, 5.41) is 3.42. The second-order valence-electron chi connectivity index (χ2n) is 5.14. The van der Waals surface area contributed by atoms with Gasteiger partial charge in [0.05, 0.1) is 6.61 Å². The molecule has 5 heteroatoms. The summed E-state index contributed by atoms with van der Waals surface area (Å²) in [5.74, 6) is 3.40. The van der Waals surface area contributed by atoms with Gasteiger partial charge in [-0.15, -0.1) is 11.8 Å². The zero-order valence-corrected chi connectivity index (χ0v) is 12.6. The second kappa shape index (κ2) is 6.70. The molecule has 0 saturated carbocycles. The van der Waals surface area contributed by atoms with Gasteiger partial charge >= 0.3 is 0 Å². The highest BCUT2D eigenvalue weighted by Crippen LogP contribution is 2.34. The molecule has 4 nitrogen and oxygen atoms in total. The molecule has 1 N–H and O–H groups in total. The van der Waals surface area contributed by atoms with E-state index in [1.54, 1.807) is 0 Å². The maximum Gasteiger partial charge on any atom is 0.162 e. The molecule has 3 rings (SSSR count). The molecule has 0 spiro atoms. The number of benzene rings is 1. The van der Waals surface area contributed by atoms with E-state index in [1.807, 2.05) is 24.9 Å². The van der Waals surface area contributed by atoms with Crippen molar-refractivity contribution in [3.63, 3.8) is 0 Å². The summed E-state index contributed by atoms with van der Waals surface area (Å²) in [6.07, 6.45) is 1.16. The van der Waals surface area contributed by atoms with Crippen LogP contribution in [0.25, 0.3) is 0 Å². The SMILES string of the molecule is CNC(CSc1ccc2c(c1)OCCO2)C1CCOC1. The minimum atomic E-state index is 0.496. The molecule has 110 valence electrons. The van der Waals surface area contributed by atoms with E-state index in [1.165, 1.54) is 4.90 Å². The third kappa shape index (κ3) is 3.22. The summed E-state index contributed by atoms with van der Waals surface area (Å²) < 4.78 is 16.6. The van der Waals surface area contributed by atoms with E-state index in [2.05, 4.69) is 17.4 Å².